The minimum atomic E-state index is -0.133. The largest absolute Gasteiger partial charge is 0.379 e. The van der Waals surface area contributed by atoms with Crippen LogP contribution in [-0.2, 0) is 4.79 Å². The van der Waals surface area contributed by atoms with Gasteiger partial charge >= 0.3 is 0 Å². The van der Waals surface area contributed by atoms with Gasteiger partial charge in [-0.05, 0) is 24.0 Å². The lowest BCUT2D eigenvalue weighted by molar-refractivity contribution is -0.113. The van der Waals surface area contributed by atoms with Crippen molar-refractivity contribution in [2.45, 2.75) is 26.2 Å². The lowest BCUT2D eigenvalue weighted by atomic mass is 9.97. The van der Waals surface area contributed by atoms with E-state index < -0.39 is 0 Å². The minimum Gasteiger partial charge on any atom is -0.379 e. The van der Waals surface area contributed by atoms with Gasteiger partial charge in [-0.25, -0.2) is 0 Å². The molecule has 1 rings (SSSR count). The van der Waals surface area contributed by atoms with Gasteiger partial charge in [-0.1, -0.05) is 43.8 Å². The second kappa shape index (κ2) is 7.06. The van der Waals surface area contributed by atoms with E-state index in [-0.39, 0.29) is 16.8 Å². The van der Waals surface area contributed by atoms with Gasteiger partial charge in [-0.15, -0.1) is 0 Å². The summed E-state index contributed by atoms with van der Waals surface area (Å²) in [5.41, 5.74) is 7.19. The van der Waals surface area contributed by atoms with E-state index in [1.165, 1.54) is 0 Å². The molecule has 0 spiro atoms. The number of nitrogens with two attached hydrogens (primary N) is 1. The summed E-state index contributed by atoms with van der Waals surface area (Å²) in [5.74, 6) is 0.442. The summed E-state index contributed by atoms with van der Waals surface area (Å²) in [6, 6.07) is 7.81. The number of benzene rings is 1. The quantitative estimate of drug-likeness (QED) is 0.566. The van der Waals surface area contributed by atoms with E-state index >= 15 is 0 Å². The van der Waals surface area contributed by atoms with Crippen molar-refractivity contribution in [2.75, 3.05) is 11.1 Å². The van der Waals surface area contributed by atoms with E-state index in [0.717, 1.165) is 29.4 Å². The number of thioether (sulfide) groups is 1. The smallest absolute Gasteiger partial charge is 0.234 e. The maximum atomic E-state index is 11.7. The van der Waals surface area contributed by atoms with Gasteiger partial charge in [0.2, 0.25) is 5.91 Å². The molecule has 0 heterocycles. The molecule has 4 N–H and O–H groups in total. The molecular weight excluding hydrogens is 246 g/mol. The molecule has 0 saturated heterocycles. The molecule has 0 aliphatic rings. The maximum Gasteiger partial charge on any atom is 0.234 e. The third kappa shape index (κ3) is 4.41. The van der Waals surface area contributed by atoms with Crippen LogP contribution in [-0.4, -0.2) is 16.8 Å². The first-order chi connectivity index (χ1) is 8.54. The number of carbonyl (C=O) groups excluding carboxylic acids is 1. The molecule has 0 fully saturated rings. The van der Waals surface area contributed by atoms with Crippen LogP contribution < -0.4 is 11.1 Å². The Hall–Kier alpha value is -1.49. The predicted molar refractivity (Wildman–Crippen MR) is 78.1 cm³/mol. The molecule has 1 aromatic carbocycles. The Morgan fingerprint density at radius 3 is 2.78 bits per heavy atom. The van der Waals surface area contributed by atoms with Crippen LogP contribution in [0, 0.1) is 5.41 Å². The summed E-state index contributed by atoms with van der Waals surface area (Å²) in [6.45, 7) is 4.25. The first-order valence-electron chi connectivity index (χ1n) is 5.90. The van der Waals surface area contributed by atoms with Crippen LogP contribution in [0.3, 0.4) is 0 Å². The third-order valence-corrected chi connectivity index (χ3v) is 3.45. The van der Waals surface area contributed by atoms with Crippen LogP contribution in [0.4, 0.5) is 5.69 Å². The third-order valence-electron chi connectivity index (χ3n) is 2.74. The predicted octanol–water partition coefficient (Wildman–Crippen LogP) is 2.77. The first kappa shape index (κ1) is 14.6. The van der Waals surface area contributed by atoms with Gasteiger partial charge in [-0.2, -0.15) is 0 Å². The number of para-hydroxylation sites is 1. The lowest BCUT2D eigenvalue weighted by Gasteiger charge is -2.15. The van der Waals surface area contributed by atoms with Crippen molar-refractivity contribution >= 4 is 28.5 Å². The Balaban J connectivity index is 2.72. The van der Waals surface area contributed by atoms with E-state index in [9.17, 15) is 4.79 Å². The first-order valence-corrected chi connectivity index (χ1v) is 6.88. The number of carbonyl (C=O) groups is 1. The van der Waals surface area contributed by atoms with Crippen LogP contribution in [0.15, 0.2) is 24.3 Å². The highest BCUT2D eigenvalue weighted by Crippen LogP contribution is 2.26. The molecule has 0 bridgehead atoms. The van der Waals surface area contributed by atoms with E-state index in [1.807, 2.05) is 24.3 Å². The van der Waals surface area contributed by atoms with Crippen LogP contribution in [0.1, 0.15) is 31.7 Å². The molecule has 18 heavy (non-hydrogen) atoms. The Kier molecular flexibility index (Phi) is 5.71. The molecule has 0 radical (unpaired) electrons. The summed E-state index contributed by atoms with van der Waals surface area (Å²) in [5, 5.41) is 9.90. The summed E-state index contributed by atoms with van der Waals surface area (Å²) in [7, 11) is 0. The number of rotatable bonds is 5. The minimum absolute atomic E-state index is 0.0413. The zero-order valence-electron chi connectivity index (χ0n) is 10.7. The topological polar surface area (TPSA) is 79.0 Å². The van der Waals surface area contributed by atoms with Gasteiger partial charge in [-0.3, -0.25) is 10.2 Å². The Morgan fingerprint density at radius 2 is 2.17 bits per heavy atom. The Bertz CT molecular complexity index is 434. The molecule has 98 valence electrons. The molecule has 1 unspecified atom stereocenters. The standard InChI is InChI=1S/C13H19N3OS/c1-3-9(2)10-6-4-5-7-11(10)16-12(17)8-18-13(14)15/h4-7,9H,3,8H2,1-2H3,(H3,14,15)(H,16,17). The SMILES string of the molecule is CCC(C)c1ccccc1NC(=O)CSC(=N)N. The van der Waals surface area contributed by atoms with Gasteiger partial charge in [0.05, 0.1) is 5.75 Å². The van der Waals surface area contributed by atoms with Crippen LogP contribution in [0.5, 0.6) is 0 Å². The molecule has 1 amide bonds. The van der Waals surface area contributed by atoms with Crippen LogP contribution >= 0.6 is 11.8 Å². The maximum absolute atomic E-state index is 11.7. The fraction of sp³-hybridized carbons (Fsp3) is 0.385. The molecule has 1 aromatic rings. The average Bonchev–Trinajstić information content (AvgIpc) is 2.36. The van der Waals surface area contributed by atoms with Crippen molar-refractivity contribution in [3.8, 4) is 0 Å². The van der Waals surface area contributed by atoms with Gasteiger partial charge < -0.3 is 11.1 Å². The molecule has 0 aliphatic carbocycles. The number of hydrogen-bond acceptors (Lipinski definition) is 3. The summed E-state index contributed by atoms with van der Waals surface area (Å²) >= 11 is 1.03. The van der Waals surface area contributed by atoms with E-state index in [0.29, 0.717) is 5.92 Å². The molecule has 0 saturated carbocycles. The zero-order chi connectivity index (χ0) is 13.5. The molecule has 1 atom stereocenters. The number of amidine groups is 1. The fourth-order valence-corrected chi connectivity index (χ4v) is 1.95. The molecular formula is C13H19N3OS. The highest BCUT2D eigenvalue weighted by atomic mass is 32.2. The highest BCUT2D eigenvalue weighted by molar-refractivity contribution is 8.14. The molecule has 0 aliphatic heterocycles. The normalized spacial score (nSPS) is 11.9. The van der Waals surface area contributed by atoms with Crippen molar-refractivity contribution in [1.29, 1.82) is 5.41 Å². The van der Waals surface area contributed by atoms with Crippen molar-refractivity contribution in [2.24, 2.45) is 5.73 Å². The average molecular weight is 265 g/mol. The second-order valence-electron chi connectivity index (χ2n) is 4.10. The second-order valence-corrected chi connectivity index (χ2v) is 5.11. The van der Waals surface area contributed by atoms with E-state index in [1.54, 1.807) is 0 Å². The van der Waals surface area contributed by atoms with Gasteiger partial charge in [0.1, 0.15) is 0 Å². The van der Waals surface area contributed by atoms with Gasteiger partial charge in [0.25, 0.3) is 0 Å². The summed E-state index contributed by atoms with van der Waals surface area (Å²) in [6.07, 6.45) is 1.02. The number of amides is 1. The van der Waals surface area contributed by atoms with E-state index in [4.69, 9.17) is 11.1 Å². The number of hydrogen-bond donors (Lipinski definition) is 3. The van der Waals surface area contributed by atoms with Crippen molar-refractivity contribution in [3.05, 3.63) is 29.8 Å². The van der Waals surface area contributed by atoms with Crippen molar-refractivity contribution in [1.82, 2.24) is 0 Å². The molecule has 4 nitrogen and oxygen atoms in total. The summed E-state index contributed by atoms with van der Waals surface area (Å²) < 4.78 is 0. The monoisotopic (exact) mass is 265 g/mol. The molecule has 0 aromatic heterocycles. The van der Waals surface area contributed by atoms with Crippen molar-refractivity contribution < 1.29 is 4.79 Å². The van der Waals surface area contributed by atoms with Crippen molar-refractivity contribution in [3.63, 3.8) is 0 Å². The van der Waals surface area contributed by atoms with E-state index in [2.05, 4.69) is 19.2 Å². The number of nitrogens with one attached hydrogen (secondary N) is 2. The Morgan fingerprint density at radius 1 is 1.50 bits per heavy atom. The number of anilines is 1. The molecule has 5 heteroatoms. The van der Waals surface area contributed by atoms with Gasteiger partial charge in [0.15, 0.2) is 5.17 Å². The Labute approximate surface area is 112 Å². The van der Waals surface area contributed by atoms with Crippen LogP contribution in [0.25, 0.3) is 0 Å². The summed E-state index contributed by atoms with van der Waals surface area (Å²) in [4.78, 5) is 11.7. The fourth-order valence-electron chi connectivity index (χ4n) is 1.59. The van der Waals surface area contributed by atoms with Gasteiger partial charge in [0, 0.05) is 5.69 Å². The zero-order valence-corrected chi connectivity index (χ0v) is 11.5. The van der Waals surface area contributed by atoms with Crippen LogP contribution in [0.2, 0.25) is 0 Å². The lowest BCUT2D eigenvalue weighted by Crippen LogP contribution is -2.18. The highest BCUT2D eigenvalue weighted by Gasteiger charge is 2.11.